The Morgan fingerprint density at radius 3 is 2.75 bits per heavy atom. The number of benzene rings is 1. The molecule has 1 unspecified atom stereocenters. The Hall–Kier alpha value is -1.33. The lowest BCUT2D eigenvalue weighted by molar-refractivity contribution is 0.0852. The maximum absolute atomic E-state index is 13.1. The van der Waals surface area contributed by atoms with Crippen molar-refractivity contribution in [3.05, 3.63) is 35.4 Å². The van der Waals surface area contributed by atoms with Crippen LogP contribution in [0.5, 0.6) is 0 Å². The molecule has 3 nitrogen and oxygen atoms in total. The van der Waals surface area contributed by atoms with Crippen molar-refractivity contribution in [2.45, 2.75) is 18.9 Å². The van der Waals surface area contributed by atoms with Crippen molar-refractivity contribution >= 4 is 5.78 Å². The van der Waals surface area contributed by atoms with E-state index in [9.17, 15) is 13.6 Å². The Labute approximate surface area is 118 Å². The second kappa shape index (κ2) is 6.41. The Kier molecular flexibility index (Phi) is 4.83. The zero-order valence-electron chi connectivity index (χ0n) is 11.9. The number of ketones is 1. The van der Waals surface area contributed by atoms with E-state index in [0.717, 1.165) is 38.1 Å². The largest absolute Gasteiger partial charge is 0.305 e. The average molecular weight is 282 g/mol. The zero-order chi connectivity index (χ0) is 14.7. The first kappa shape index (κ1) is 15.1. The number of piperidine rings is 1. The number of likely N-dealkylation sites (tertiary alicyclic amines) is 1. The van der Waals surface area contributed by atoms with Crippen molar-refractivity contribution in [1.82, 2.24) is 9.80 Å². The van der Waals surface area contributed by atoms with Gasteiger partial charge >= 0.3 is 0 Å². The van der Waals surface area contributed by atoms with Gasteiger partial charge in [0.05, 0.1) is 6.54 Å². The first-order valence-corrected chi connectivity index (χ1v) is 6.84. The molecule has 0 spiro atoms. The van der Waals surface area contributed by atoms with E-state index in [0.29, 0.717) is 6.04 Å². The van der Waals surface area contributed by atoms with Crippen molar-refractivity contribution < 1.29 is 13.6 Å². The van der Waals surface area contributed by atoms with E-state index in [1.807, 2.05) is 14.1 Å². The Morgan fingerprint density at radius 1 is 1.35 bits per heavy atom. The normalized spacial score (nSPS) is 20.4. The van der Waals surface area contributed by atoms with Crippen molar-refractivity contribution in [1.29, 1.82) is 0 Å². The predicted octanol–water partition coefficient (Wildman–Crippen LogP) is 2.17. The van der Waals surface area contributed by atoms with Crippen LogP contribution in [0.3, 0.4) is 0 Å². The number of hydrogen-bond acceptors (Lipinski definition) is 3. The summed E-state index contributed by atoms with van der Waals surface area (Å²) in [7, 11) is 4.07. The van der Waals surface area contributed by atoms with Crippen molar-refractivity contribution in [2.24, 2.45) is 0 Å². The molecule has 1 fully saturated rings. The van der Waals surface area contributed by atoms with Crippen LogP contribution in [0.4, 0.5) is 8.78 Å². The Morgan fingerprint density at radius 2 is 2.10 bits per heavy atom. The highest BCUT2D eigenvalue weighted by atomic mass is 19.2. The summed E-state index contributed by atoms with van der Waals surface area (Å²) in [5, 5.41) is 0. The summed E-state index contributed by atoms with van der Waals surface area (Å²) >= 11 is 0. The lowest BCUT2D eigenvalue weighted by Crippen LogP contribution is -2.46. The van der Waals surface area contributed by atoms with E-state index in [2.05, 4.69) is 9.80 Å². The predicted molar refractivity (Wildman–Crippen MR) is 73.8 cm³/mol. The molecule has 1 aromatic rings. The van der Waals surface area contributed by atoms with Gasteiger partial charge in [0.1, 0.15) is 0 Å². The quantitative estimate of drug-likeness (QED) is 0.791. The third kappa shape index (κ3) is 3.61. The Bertz CT molecular complexity index is 491. The van der Waals surface area contributed by atoms with Crippen LogP contribution in [0.25, 0.3) is 0 Å². The fourth-order valence-corrected chi connectivity index (χ4v) is 2.56. The smallest absolute Gasteiger partial charge is 0.176 e. The van der Waals surface area contributed by atoms with Gasteiger partial charge in [-0.25, -0.2) is 8.78 Å². The van der Waals surface area contributed by atoms with E-state index in [4.69, 9.17) is 0 Å². The molecule has 110 valence electrons. The number of carbonyl (C=O) groups excluding carboxylic acids is 1. The van der Waals surface area contributed by atoms with E-state index >= 15 is 0 Å². The van der Waals surface area contributed by atoms with Crippen LogP contribution >= 0.6 is 0 Å². The second-order valence-electron chi connectivity index (χ2n) is 5.55. The number of likely N-dealkylation sites (N-methyl/N-ethyl adjacent to an activating group) is 1. The summed E-state index contributed by atoms with van der Waals surface area (Å²) in [5.41, 5.74) is 0.232. The highest BCUT2D eigenvalue weighted by Crippen LogP contribution is 2.15. The number of nitrogens with zero attached hydrogens (tertiary/aromatic N) is 2. The molecule has 1 aromatic carbocycles. The monoisotopic (exact) mass is 282 g/mol. The van der Waals surface area contributed by atoms with Crippen LogP contribution < -0.4 is 0 Å². The van der Waals surface area contributed by atoms with Gasteiger partial charge in [-0.2, -0.15) is 0 Å². The van der Waals surface area contributed by atoms with E-state index in [-0.39, 0.29) is 17.9 Å². The van der Waals surface area contributed by atoms with Crippen LogP contribution in [0, 0.1) is 11.6 Å². The Balaban J connectivity index is 1.98. The van der Waals surface area contributed by atoms with Crippen LogP contribution in [0.2, 0.25) is 0 Å². The lowest BCUT2D eigenvalue weighted by atomic mass is 10.0. The number of Topliss-reactive ketones (excluding diaryl/α,β-unsaturated/α-hetero) is 1. The molecule has 1 atom stereocenters. The summed E-state index contributed by atoms with van der Waals surface area (Å²) in [5.74, 6) is -2.06. The van der Waals surface area contributed by atoms with Crippen molar-refractivity contribution in [2.75, 3.05) is 33.7 Å². The molecular weight excluding hydrogens is 262 g/mol. The minimum Gasteiger partial charge on any atom is -0.305 e. The molecular formula is C15H20F2N2O. The van der Waals surface area contributed by atoms with E-state index < -0.39 is 11.6 Å². The molecule has 0 bridgehead atoms. The summed E-state index contributed by atoms with van der Waals surface area (Å²) in [4.78, 5) is 16.4. The number of halogens is 2. The van der Waals surface area contributed by atoms with Gasteiger partial charge in [0.2, 0.25) is 0 Å². The molecule has 2 rings (SSSR count). The molecule has 0 N–H and O–H groups in total. The highest BCUT2D eigenvalue weighted by molar-refractivity contribution is 5.97. The van der Waals surface area contributed by atoms with Crippen LogP contribution in [0.1, 0.15) is 23.2 Å². The van der Waals surface area contributed by atoms with E-state index in [1.54, 1.807) is 0 Å². The van der Waals surface area contributed by atoms with Gasteiger partial charge in [-0.15, -0.1) is 0 Å². The molecule has 0 aliphatic carbocycles. The second-order valence-corrected chi connectivity index (χ2v) is 5.55. The van der Waals surface area contributed by atoms with Gasteiger partial charge in [0, 0.05) is 18.2 Å². The standard InChI is InChI=1S/C15H20F2N2O/c1-18(2)12-4-3-7-19(9-12)10-15(20)11-5-6-13(16)14(17)8-11/h5-6,8,12H,3-4,7,9-10H2,1-2H3. The number of rotatable bonds is 4. The van der Waals surface area contributed by atoms with Crippen molar-refractivity contribution in [3.63, 3.8) is 0 Å². The molecule has 1 heterocycles. The molecule has 0 aromatic heterocycles. The van der Waals surface area contributed by atoms with Gasteiger partial charge in [0.25, 0.3) is 0 Å². The van der Waals surface area contributed by atoms with Gasteiger partial charge in [-0.05, 0) is 51.7 Å². The molecule has 1 saturated heterocycles. The van der Waals surface area contributed by atoms with Gasteiger partial charge in [-0.3, -0.25) is 9.69 Å². The zero-order valence-corrected chi connectivity index (χ0v) is 11.9. The summed E-state index contributed by atoms with van der Waals surface area (Å²) in [6.45, 7) is 1.97. The summed E-state index contributed by atoms with van der Waals surface area (Å²) in [6.07, 6.45) is 2.18. The van der Waals surface area contributed by atoms with Gasteiger partial charge in [-0.1, -0.05) is 0 Å². The van der Waals surface area contributed by atoms with Gasteiger partial charge in [0.15, 0.2) is 17.4 Å². The summed E-state index contributed by atoms with van der Waals surface area (Å²) < 4.78 is 26.0. The maximum atomic E-state index is 13.1. The van der Waals surface area contributed by atoms with Crippen molar-refractivity contribution in [3.8, 4) is 0 Å². The molecule has 1 aliphatic heterocycles. The highest BCUT2D eigenvalue weighted by Gasteiger charge is 2.23. The van der Waals surface area contributed by atoms with Crippen LogP contribution in [-0.2, 0) is 0 Å². The van der Waals surface area contributed by atoms with Crippen LogP contribution in [0.15, 0.2) is 18.2 Å². The maximum Gasteiger partial charge on any atom is 0.176 e. The number of carbonyl (C=O) groups is 1. The molecule has 0 saturated carbocycles. The third-order valence-electron chi connectivity index (χ3n) is 3.82. The fraction of sp³-hybridized carbons (Fsp3) is 0.533. The third-order valence-corrected chi connectivity index (χ3v) is 3.82. The first-order valence-electron chi connectivity index (χ1n) is 6.84. The minimum atomic E-state index is -0.972. The molecule has 5 heteroatoms. The molecule has 1 aliphatic rings. The lowest BCUT2D eigenvalue weighted by Gasteiger charge is -2.35. The summed E-state index contributed by atoms with van der Waals surface area (Å²) in [6, 6.07) is 3.77. The number of hydrogen-bond donors (Lipinski definition) is 0. The van der Waals surface area contributed by atoms with Crippen LogP contribution in [-0.4, -0.2) is 55.4 Å². The SMILES string of the molecule is CN(C)C1CCCN(CC(=O)c2ccc(F)c(F)c2)C1. The fourth-order valence-electron chi connectivity index (χ4n) is 2.56. The first-order chi connectivity index (χ1) is 9.47. The van der Waals surface area contributed by atoms with E-state index in [1.165, 1.54) is 6.07 Å². The topological polar surface area (TPSA) is 23.6 Å². The minimum absolute atomic E-state index is 0.164. The molecule has 0 amide bonds. The molecule has 20 heavy (non-hydrogen) atoms. The molecule has 0 radical (unpaired) electrons. The average Bonchev–Trinajstić information content (AvgIpc) is 2.42. The van der Waals surface area contributed by atoms with Gasteiger partial charge < -0.3 is 4.90 Å².